The standard InChI is InChI=1S/C19H17N5OS2/c1-11-12(2)27-18-16(11)17(25)20-15(21-18)10-26-19-22-14(23-24-19)9-8-13-6-4-3-5-7-13/h3-9H,10H2,1-2H3,(H,20,21,25)(H,22,23,24)/b9-8+. The minimum atomic E-state index is -0.0843. The number of hydrogen-bond donors (Lipinski definition) is 2. The van der Waals surface area contributed by atoms with Crippen LogP contribution < -0.4 is 5.56 Å². The van der Waals surface area contributed by atoms with Gasteiger partial charge in [-0.1, -0.05) is 48.2 Å². The lowest BCUT2D eigenvalue weighted by atomic mass is 10.2. The fraction of sp³-hybridized carbons (Fsp3) is 0.158. The molecule has 0 aliphatic carbocycles. The van der Waals surface area contributed by atoms with Gasteiger partial charge in [0.05, 0.1) is 11.1 Å². The van der Waals surface area contributed by atoms with Crippen LogP contribution in [0.2, 0.25) is 0 Å². The highest BCUT2D eigenvalue weighted by atomic mass is 32.2. The van der Waals surface area contributed by atoms with Gasteiger partial charge in [0.2, 0.25) is 5.16 Å². The highest BCUT2D eigenvalue weighted by Gasteiger charge is 2.12. The van der Waals surface area contributed by atoms with Gasteiger partial charge >= 0.3 is 0 Å². The van der Waals surface area contributed by atoms with Crippen molar-refractivity contribution in [2.45, 2.75) is 24.8 Å². The summed E-state index contributed by atoms with van der Waals surface area (Å²) < 4.78 is 0. The van der Waals surface area contributed by atoms with Crippen molar-refractivity contribution >= 4 is 45.5 Å². The number of nitrogens with one attached hydrogen (secondary N) is 2. The third kappa shape index (κ3) is 3.86. The molecule has 3 aromatic heterocycles. The molecule has 0 spiro atoms. The van der Waals surface area contributed by atoms with Crippen molar-refractivity contribution in [2.24, 2.45) is 0 Å². The second kappa shape index (κ2) is 7.50. The van der Waals surface area contributed by atoms with E-state index in [0.29, 0.717) is 27.9 Å². The number of aryl methyl sites for hydroxylation is 2. The van der Waals surface area contributed by atoms with Crippen LogP contribution in [0.15, 0.2) is 40.3 Å². The van der Waals surface area contributed by atoms with Crippen molar-refractivity contribution in [1.82, 2.24) is 25.1 Å². The van der Waals surface area contributed by atoms with E-state index in [4.69, 9.17) is 0 Å². The van der Waals surface area contributed by atoms with Crippen molar-refractivity contribution in [3.05, 3.63) is 68.3 Å². The Balaban J connectivity index is 1.46. The summed E-state index contributed by atoms with van der Waals surface area (Å²) in [6, 6.07) is 10.0. The molecule has 0 bridgehead atoms. The van der Waals surface area contributed by atoms with Gasteiger partial charge in [0.25, 0.3) is 5.56 Å². The Morgan fingerprint density at radius 1 is 1.15 bits per heavy atom. The van der Waals surface area contributed by atoms with Gasteiger partial charge in [0.1, 0.15) is 16.5 Å². The third-order valence-corrected chi connectivity index (χ3v) is 6.10. The van der Waals surface area contributed by atoms with Gasteiger partial charge in [-0.05, 0) is 31.1 Å². The van der Waals surface area contributed by atoms with Crippen molar-refractivity contribution in [1.29, 1.82) is 0 Å². The van der Waals surface area contributed by atoms with Crippen molar-refractivity contribution < 1.29 is 0 Å². The van der Waals surface area contributed by atoms with Crippen LogP contribution in [0, 0.1) is 13.8 Å². The van der Waals surface area contributed by atoms with Crippen molar-refractivity contribution in [2.75, 3.05) is 0 Å². The second-order valence-corrected chi connectivity index (χ2v) is 8.16. The number of thiophene rings is 1. The molecule has 4 aromatic rings. The molecule has 8 heteroatoms. The molecular weight excluding hydrogens is 378 g/mol. The predicted molar refractivity (Wildman–Crippen MR) is 111 cm³/mol. The van der Waals surface area contributed by atoms with Gasteiger partial charge in [-0.25, -0.2) is 9.97 Å². The van der Waals surface area contributed by atoms with Gasteiger partial charge in [-0.2, -0.15) is 0 Å². The maximum atomic E-state index is 12.3. The third-order valence-electron chi connectivity index (χ3n) is 4.14. The summed E-state index contributed by atoms with van der Waals surface area (Å²) in [5.74, 6) is 1.81. The molecule has 6 nitrogen and oxygen atoms in total. The number of thioether (sulfide) groups is 1. The Hall–Kier alpha value is -2.71. The van der Waals surface area contributed by atoms with Gasteiger partial charge < -0.3 is 4.98 Å². The van der Waals surface area contributed by atoms with Crippen LogP contribution in [0.5, 0.6) is 0 Å². The van der Waals surface area contributed by atoms with Gasteiger partial charge in [-0.3, -0.25) is 9.89 Å². The first kappa shape index (κ1) is 17.7. The molecule has 0 aliphatic heterocycles. The van der Waals surface area contributed by atoms with Gasteiger partial charge in [0.15, 0.2) is 0 Å². The second-order valence-electron chi connectivity index (χ2n) is 6.01. The molecule has 0 atom stereocenters. The summed E-state index contributed by atoms with van der Waals surface area (Å²) in [6.45, 7) is 3.96. The summed E-state index contributed by atoms with van der Waals surface area (Å²) in [5, 5.41) is 8.42. The normalized spacial score (nSPS) is 11.6. The molecule has 0 aliphatic rings. The number of nitrogens with zero attached hydrogens (tertiary/aromatic N) is 3. The lowest BCUT2D eigenvalue weighted by Gasteiger charge is -1.98. The summed E-state index contributed by atoms with van der Waals surface area (Å²) in [4.78, 5) is 26.1. The van der Waals surface area contributed by atoms with E-state index in [1.54, 1.807) is 11.3 Å². The zero-order valence-corrected chi connectivity index (χ0v) is 16.4. The highest BCUT2D eigenvalue weighted by molar-refractivity contribution is 7.98. The van der Waals surface area contributed by atoms with Crippen LogP contribution in [0.1, 0.15) is 27.7 Å². The monoisotopic (exact) mass is 395 g/mol. The Morgan fingerprint density at radius 3 is 2.78 bits per heavy atom. The number of rotatable bonds is 5. The van der Waals surface area contributed by atoms with E-state index in [-0.39, 0.29) is 5.56 Å². The highest BCUT2D eigenvalue weighted by Crippen LogP contribution is 2.26. The van der Waals surface area contributed by atoms with Crippen molar-refractivity contribution in [3.63, 3.8) is 0 Å². The first-order valence-electron chi connectivity index (χ1n) is 8.37. The van der Waals surface area contributed by atoms with E-state index in [1.165, 1.54) is 11.8 Å². The maximum absolute atomic E-state index is 12.3. The topological polar surface area (TPSA) is 87.3 Å². The minimum Gasteiger partial charge on any atom is -0.309 e. The van der Waals surface area contributed by atoms with Crippen LogP contribution in [-0.2, 0) is 5.75 Å². The molecule has 0 fully saturated rings. The van der Waals surface area contributed by atoms with Crippen molar-refractivity contribution in [3.8, 4) is 0 Å². The van der Waals surface area contributed by atoms with E-state index in [9.17, 15) is 4.79 Å². The quantitative estimate of drug-likeness (QED) is 0.495. The maximum Gasteiger partial charge on any atom is 0.259 e. The smallest absolute Gasteiger partial charge is 0.259 e. The summed E-state index contributed by atoms with van der Waals surface area (Å²) >= 11 is 2.98. The van der Waals surface area contributed by atoms with E-state index in [0.717, 1.165) is 20.8 Å². The van der Waals surface area contributed by atoms with E-state index >= 15 is 0 Å². The molecule has 3 heterocycles. The Kier molecular flexibility index (Phi) is 4.91. The molecule has 0 saturated heterocycles. The zero-order chi connectivity index (χ0) is 18.8. The molecular formula is C19H17N5OS2. The Bertz CT molecular complexity index is 1170. The first-order valence-corrected chi connectivity index (χ1v) is 10.2. The number of aromatic nitrogens is 5. The number of H-pyrrole nitrogens is 2. The first-order chi connectivity index (χ1) is 13.1. The van der Waals surface area contributed by atoms with E-state index < -0.39 is 0 Å². The molecule has 2 N–H and O–H groups in total. The van der Waals surface area contributed by atoms with E-state index in [2.05, 4.69) is 25.1 Å². The average Bonchev–Trinajstić information content (AvgIpc) is 3.24. The van der Waals surface area contributed by atoms with Gasteiger partial charge in [-0.15, -0.1) is 16.4 Å². The van der Waals surface area contributed by atoms with Crippen LogP contribution in [-0.4, -0.2) is 25.1 Å². The Labute approximate surface area is 163 Å². The van der Waals surface area contributed by atoms with E-state index in [1.807, 2.05) is 56.3 Å². The summed E-state index contributed by atoms with van der Waals surface area (Å²) in [6.07, 6.45) is 3.86. The summed E-state index contributed by atoms with van der Waals surface area (Å²) in [5.41, 5.74) is 2.02. The zero-order valence-electron chi connectivity index (χ0n) is 14.8. The number of aromatic amines is 2. The summed E-state index contributed by atoms with van der Waals surface area (Å²) in [7, 11) is 0. The van der Waals surface area contributed by atoms with Crippen LogP contribution in [0.4, 0.5) is 0 Å². The molecule has 4 rings (SSSR count). The van der Waals surface area contributed by atoms with Gasteiger partial charge in [0, 0.05) is 4.88 Å². The number of benzene rings is 1. The molecule has 0 amide bonds. The fourth-order valence-electron chi connectivity index (χ4n) is 2.64. The fourth-order valence-corrected chi connectivity index (χ4v) is 4.36. The number of hydrogen-bond acceptors (Lipinski definition) is 6. The molecule has 0 radical (unpaired) electrons. The predicted octanol–water partition coefficient (Wildman–Crippen LogP) is 4.18. The van der Waals surface area contributed by atoms with Crippen LogP contribution in [0.3, 0.4) is 0 Å². The van der Waals surface area contributed by atoms with Crippen LogP contribution in [0.25, 0.3) is 22.4 Å². The average molecular weight is 396 g/mol. The Morgan fingerprint density at radius 2 is 1.96 bits per heavy atom. The molecule has 0 unspecified atom stereocenters. The lowest BCUT2D eigenvalue weighted by Crippen LogP contribution is -2.10. The molecule has 1 aromatic carbocycles. The lowest BCUT2D eigenvalue weighted by molar-refractivity contribution is 0.965. The molecule has 27 heavy (non-hydrogen) atoms. The number of fused-ring (bicyclic) bond motifs is 1. The molecule has 136 valence electrons. The SMILES string of the molecule is Cc1sc2nc(CSc3n[nH]c(/C=C/c4ccccc4)n3)[nH]c(=O)c2c1C. The largest absolute Gasteiger partial charge is 0.309 e. The van der Waals surface area contributed by atoms with Crippen LogP contribution >= 0.6 is 23.1 Å². The molecule has 0 saturated carbocycles. The minimum absolute atomic E-state index is 0.0843.